The van der Waals surface area contributed by atoms with Gasteiger partial charge in [-0.1, -0.05) is 30.7 Å². The number of aryl methyl sites for hydroxylation is 1. The van der Waals surface area contributed by atoms with Crippen molar-refractivity contribution in [1.82, 2.24) is 9.38 Å². The minimum atomic E-state index is 0.788. The zero-order chi connectivity index (χ0) is 12.0. The first kappa shape index (κ1) is 10.6. The number of hydrogen-bond donors (Lipinski definition) is 0. The molecule has 17 heavy (non-hydrogen) atoms. The number of rotatable bonds is 1. The normalized spacial score (nSPS) is 11.5. The first-order chi connectivity index (χ1) is 8.22. The van der Waals surface area contributed by atoms with Crippen molar-refractivity contribution in [2.24, 2.45) is 0 Å². The lowest BCUT2D eigenvalue weighted by Gasteiger charge is -2.08. The van der Waals surface area contributed by atoms with E-state index in [0.717, 1.165) is 28.3 Å². The van der Waals surface area contributed by atoms with Crippen molar-refractivity contribution < 1.29 is 0 Å². The molecule has 2 aromatic heterocycles. The second-order valence-electron chi connectivity index (χ2n) is 4.24. The van der Waals surface area contributed by atoms with Gasteiger partial charge in [-0.3, -0.25) is 4.40 Å². The van der Waals surface area contributed by atoms with Crippen LogP contribution in [0.5, 0.6) is 0 Å². The van der Waals surface area contributed by atoms with E-state index in [1.54, 1.807) is 0 Å². The van der Waals surface area contributed by atoms with Gasteiger partial charge in [0.25, 0.3) is 0 Å². The number of imidazole rings is 1. The molecule has 0 radical (unpaired) electrons. The van der Waals surface area contributed by atoms with Gasteiger partial charge >= 0.3 is 0 Å². The standard InChI is InChI=1S/C14H13ClN2/c1-3-10-9(2)8-13-16-11-6-4-5-7-12(11)17(13)14(10)15/h4-8H,3H2,1-2H3. The molecule has 3 rings (SSSR count). The second-order valence-corrected chi connectivity index (χ2v) is 4.60. The first-order valence-electron chi connectivity index (χ1n) is 5.77. The minimum absolute atomic E-state index is 0.788. The van der Waals surface area contributed by atoms with E-state index < -0.39 is 0 Å². The van der Waals surface area contributed by atoms with Crippen LogP contribution in [0.1, 0.15) is 18.1 Å². The van der Waals surface area contributed by atoms with Gasteiger partial charge in [0.05, 0.1) is 11.0 Å². The summed E-state index contributed by atoms with van der Waals surface area (Å²) in [5.41, 5.74) is 5.39. The summed E-state index contributed by atoms with van der Waals surface area (Å²) in [6.45, 7) is 4.21. The third-order valence-corrected chi connectivity index (χ3v) is 3.60. The van der Waals surface area contributed by atoms with Gasteiger partial charge in [0.2, 0.25) is 0 Å². The van der Waals surface area contributed by atoms with Crippen molar-refractivity contribution in [2.75, 3.05) is 0 Å². The van der Waals surface area contributed by atoms with Crippen LogP contribution in [0.2, 0.25) is 5.15 Å². The molecule has 2 heterocycles. The van der Waals surface area contributed by atoms with Crippen LogP contribution in [0.3, 0.4) is 0 Å². The van der Waals surface area contributed by atoms with Crippen molar-refractivity contribution in [1.29, 1.82) is 0 Å². The van der Waals surface area contributed by atoms with E-state index in [9.17, 15) is 0 Å². The predicted octanol–water partition coefficient (Wildman–Crippen LogP) is 4.01. The Morgan fingerprint density at radius 3 is 2.82 bits per heavy atom. The van der Waals surface area contributed by atoms with Crippen molar-refractivity contribution in [3.63, 3.8) is 0 Å². The zero-order valence-electron chi connectivity index (χ0n) is 9.87. The largest absolute Gasteiger partial charge is 0.282 e. The van der Waals surface area contributed by atoms with Crippen molar-refractivity contribution >= 4 is 28.3 Å². The molecular formula is C14H13ClN2. The van der Waals surface area contributed by atoms with E-state index in [2.05, 4.69) is 31.0 Å². The highest BCUT2D eigenvalue weighted by Crippen LogP contribution is 2.27. The quantitative estimate of drug-likeness (QED) is 0.591. The molecule has 3 aromatic rings. The highest BCUT2D eigenvalue weighted by molar-refractivity contribution is 6.31. The van der Waals surface area contributed by atoms with Crippen LogP contribution in [0.4, 0.5) is 0 Å². The number of para-hydroxylation sites is 2. The Labute approximate surface area is 105 Å². The van der Waals surface area contributed by atoms with Crippen LogP contribution in [-0.4, -0.2) is 9.38 Å². The fourth-order valence-corrected chi connectivity index (χ4v) is 2.81. The summed E-state index contributed by atoms with van der Waals surface area (Å²) < 4.78 is 2.03. The topological polar surface area (TPSA) is 17.3 Å². The molecule has 86 valence electrons. The summed E-state index contributed by atoms with van der Waals surface area (Å²) in [5, 5.41) is 0.788. The van der Waals surface area contributed by atoms with E-state index in [-0.39, 0.29) is 0 Å². The predicted molar refractivity (Wildman–Crippen MR) is 71.8 cm³/mol. The number of pyridine rings is 1. The summed E-state index contributed by atoms with van der Waals surface area (Å²) in [6, 6.07) is 10.2. The van der Waals surface area contributed by atoms with Gasteiger partial charge in [0.15, 0.2) is 0 Å². The summed E-state index contributed by atoms with van der Waals surface area (Å²) in [6.07, 6.45) is 0.938. The fraction of sp³-hybridized carbons (Fsp3) is 0.214. The third-order valence-electron chi connectivity index (χ3n) is 3.21. The Morgan fingerprint density at radius 1 is 1.29 bits per heavy atom. The van der Waals surface area contributed by atoms with E-state index in [1.165, 1.54) is 11.1 Å². The summed E-state index contributed by atoms with van der Waals surface area (Å²) >= 11 is 6.49. The molecule has 0 saturated heterocycles. The molecule has 3 heteroatoms. The summed E-state index contributed by atoms with van der Waals surface area (Å²) in [7, 11) is 0. The van der Waals surface area contributed by atoms with Crippen LogP contribution < -0.4 is 0 Å². The number of fused-ring (bicyclic) bond motifs is 3. The molecule has 0 spiro atoms. The van der Waals surface area contributed by atoms with Gasteiger partial charge in [-0.25, -0.2) is 4.98 Å². The molecule has 0 unspecified atom stereocenters. The molecule has 0 N–H and O–H groups in total. The molecule has 0 aliphatic carbocycles. The summed E-state index contributed by atoms with van der Waals surface area (Å²) in [4.78, 5) is 4.59. The molecule has 2 nitrogen and oxygen atoms in total. The number of benzene rings is 1. The lowest BCUT2D eigenvalue weighted by Crippen LogP contribution is -1.96. The first-order valence-corrected chi connectivity index (χ1v) is 6.15. The Morgan fingerprint density at radius 2 is 2.06 bits per heavy atom. The molecule has 0 aliphatic rings. The van der Waals surface area contributed by atoms with Crippen LogP contribution in [0, 0.1) is 6.92 Å². The Kier molecular flexibility index (Phi) is 2.33. The van der Waals surface area contributed by atoms with Crippen molar-refractivity contribution in [3.05, 3.63) is 46.6 Å². The third kappa shape index (κ3) is 1.44. The molecule has 0 saturated carbocycles. The monoisotopic (exact) mass is 244 g/mol. The van der Waals surface area contributed by atoms with Crippen molar-refractivity contribution in [2.45, 2.75) is 20.3 Å². The van der Waals surface area contributed by atoms with E-state index in [0.29, 0.717) is 0 Å². The molecular weight excluding hydrogens is 232 g/mol. The molecule has 0 amide bonds. The van der Waals surface area contributed by atoms with Crippen LogP contribution >= 0.6 is 11.6 Å². The highest BCUT2D eigenvalue weighted by atomic mass is 35.5. The second kappa shape index (κ2) is 3.74. The SMILES string of the molecule is CCc1c(C)cc2nc3ccccc3n2c1Cl. The average Bonchev–Trinajstić information content (AvgIpc) is 2.67. The van der Waals surface area contributed by atoms with E-state index >= 15 is 0 Å². The van der Waals surface area contributed by atoms with Crippen molar-refractivity contribution in [3.8, 4) is 0 Å². The van der Waals surface area contributed by atoms with Crippen LogP contribution in [0.25, 0.3) is 16.7 Å². The lowest BCUT2D eigenvalue weighted by atomic mass is 10.1. The zero-order valence-corrected chi connectivity index (χ0v) is 10.6. The highest BCUT2D eigenvalue weighted by Gasteiger charge is 2.11. The lowest BCUT2D eigenvalue weighted by molar-refractivity contribution is 1.06. The van der Waals surface area contributed by atoms with Crippen LogP contribution in [0.15, 0.2) is 30.3 Å². The molecule has 0 aliphatic heterocycles. The van der Waals surface area contributed by atoms with Gasteiger partial charge in [-0.15, -0.1) is 0 Å². The fourth-order valence-electron chi connectivity index (χ4n) is 2.35. The maximum atomic E-state index is 6.49. The summed E-state index contributed by atoms with van der Waals surface area (Å²) in [5.74, 6) is 0. The minimum Gasteiger partial charge on any atom is -0.282 e. The van der Waals surface area contributed by atoms with Crippen LogP contribution in [-0.2, 0) is 6.42 Å². The van der Waals surface area contributed by atoms with Gasteiger partial charge in [-0.05, 0) is 42.7 Å². The number of aromatic nitrogens is 2. The Balaban J connectivity index is 2.55. The number of nitrogens with zero attached hydrogens (tertiary/aromatic N) is 2. The smallest absolute Gasteiger partial charge is 0.139 e. The Hall–Kier alpha value is -1.54. The van der Waals surface area contributed by atoms with Gasteiger partial charge in [0, 0.05) is 0 Å². The Bertz CT molecular complexity index is 713. The molecule has 0 bridgehead atoms. The molecule has 0 fully saturated rings. The number of hydrogen-bond acceptors (Lipinski definition) is 1. The average molecular weight is 245 g/mol. The van der Waals surface area contributed by atoms with Gasteiger partial charge in [-0.2, -0.15) is 0 Å². The van der Waals surface area contributed by atoms with Gasteiger partial charge in [0.1, 0.15) is 10.8 Å². The van der Waals surface area contributed by atoms with E-state index in [4.69, 9.17) is 11.6 Å². The molecule has 0 atom stereocenters. The maximum Gasteiger partial charge on any atom is 0.139 e. The van der Waals surface area contributed by atoms with Gasteiger partial charge < -0.3 is 0 Å². The molecule has 1 aromatic carbocycles. The number of halogens is 1. The maximum absolute atomic E-state index is 6.49. The van der Waals surface area contributed by atoms with E-state index in [1.807, 2.05) is 22.6 Å².